The Kier molecular flexibility index (Phi) is 4.61. The average Bonchev–Trinajstić information content (AvgIpc) is 3.31. The van der Waals surface area contributed by atoms with E-state index < -0.39 is 17.9 Å². The zero-order valence-corrected chi connectivity index (χ0v) is 15.3. The second-order valence-corrected chi connectivity index (χ2v) is 6.87. The highest BCUT2D eigenvalue weighted by Gasteiger charge is 2.26. The van der Waals surface area contributed by atoms with E-state index in [0.29, 0.717) is 11.3 Å². The van der Waals surface area contributed by atoms with Crippen LogP contribution in [0, 0.1) is 0 Å². The van der Waals surface area contributed by atoms with Crippen LogP contribution in [0.2, 0.25) is 0 Å². The van der Waals surface area contributed by atoms with E-state index >= 15 is 0 Å². The second kappa shape index (κ2) is 7.23. The van der Waals surface area contributed by atoms with Gasteiger partial charge in [0.05, 0.1) is 5.92 Å². The normalized spacial score (nSPS) is 13.5. The molecule has 142 valence electrons. The number of rotatable bonds is 6. The number of carboxylic acids is 1. The van der Waals surface area contributed by atoms with Gasteiger partial charge in [0, 0.05) is 28.9 Å². The molecule has 0 bridgehead atoms. The number of nitrogens with one attached hydrogen (secondary N) is 2. The number of aromatic nitrogens is 1. The van der Waals surface area contributed by atoms with Crippen LogP contribution in [0.25, 0.3) is 21.9 Å². The number of para-hydroxylation sites is 2. The van der Waals surface area contributed by atoms with Crippen LogP contribution in [0.4, 0.5) is 0 Å². The van der Waals surface area contributed by atoms with E-state index in [1.54, 1.807) is 13.1 Å². The summed E-state index contributed by atoms with van der Waals surface area (Å²) in [6.07, 6.45) is 1.98. The average molecular weight is 376 g/mol. The second-order valence-electron chi connectivity index (χ2n) is 6.87. The maximum atomic E-state index is 12.7. The number of aliphatic carboxylic acids is 1. The fraction of sp³-hybridized carbons (Fsp3) is 0.182. The third kappa shape index (κ3) is 3.36. The first-order chi connectivity index (χ1) is 13.5. The smallest absolute Gasteiger partial charge is 0.326 e. The molecule has 2 heterocycles. The first-order valence-electron chi connectivity index (χ1n) is 9.09. The molecule has 2 atom stereocenters. The minimum Gasteiger partial charge on any atom is -0.480 e. The molecule has 6 heteroatoms. The van der Waals surface area contributed by atoms with Gasteiger partial charge < -0.3 is 19.8 Å². The van der Waals surface area contributed by atoms with Crippen LogP contribution in [0.1, 0.15) is 24.2 Å². The number of fused-ring (bicyclic) bond motifs is 2. The highest BCUT2D eigenvalue weighted by atomic mass is 16.4. The molecule has 0 aliphatic carbocycles. The Morgan fingerprint density at radius 2 is 1.89 bits per heavy atom. The van der Waals surface area contributed by atoms with Crippen LogP contribution in [-0.2, 0) is 16.0 Å². The quantitative estimate of drug-likeness (QED) is 0.477. The van der Waals surface area contributed by atoms with Gasteiger partial charge in [-0.05, 0) is 30.7 Å². The van der Waals surface area contributed by atoms with Crippen LogP contribution < -0.4 is 5.32 Å². The lowest BCUT2D eigenvalue weighted by Crippen LogP contribution is -2.43. The van der Waals surface area contributed by atoms with Gasteiger partial charge >= 0.3 is 5.97 Å². The number of carbonyl (C=O) groups excluding carboxylic acids is 1. The Labute approximate surface area is 161 Å². The first kappa shape index (κ1) is 17.9. The standard InChI is InChI=1S/C22H20N2O4/c1-13(20-11-14-6-2-5-9-19(14)28-20)21(25)24-18(22(26)27)10-15-12-23-17-8-4-3-7-16(15)17/h2-9,11-13,18,23H,10H2,1H3,(H,24,25)(H,26,27)/t13-,18+/m0/s1. The van der Waals surface area contributed by atoms with Crippen molar-refractivity contribution in [2.45, 2.75) is 25.3 Å². The minimum atomic E-state index is -1.07. The monoisotopic (exact) mass is 376 g/mol. The van der Waals surface area contributed by atoms with E-state index in [2.05, 4.69) is 10.3 Å². The molecule has 0 fully saturated rings. The Morgan fingerprint density at radius 3 is 2.68 bits per heavy atom. The van der Waals surface area contributed by atoms with E-state index in [1.165, 1.54) is 0 Å². The largest absolute Gasteiger partial charge is 0.480 e. The third-order valence-electron chi connectivity index (χ3n) is 4.98. The Morgan fingerprint density at radius 1 is 1.14 bits per heavy atom. The molecule has 2 aromatic carbocycles. The highest BCUT2D eigenvalue weighted by Crippen LogP contribution is 2.25. The van der Waals surface area contributed by atoms with Crippen molar-refractivity contribution in [3.63, 3.8) is 0 Å². The molecule has 6 nitrogen and oxygen atoms in total. The molecule has 28 heavy (non-hydrogen) atoms. The Bertz CT molecular complexity index is 1120. The number of amides is 1. The lowest BCUT2D eigenvalue weighted by atomic mass is 10.0. The molecular weight excluding hydrogens is 356 g/mol. The van der Waals surface area contributed by atoms with Gasteiger partial charge in [0.15, 0.2) is 0 Å². The van der Waals surface area contributed by atoms with Gasteiger partial charge in [-0.2, -0.15) is 0 Å². The molecule has 0 unspecified atom stereocenters. The highest BCUT2D eigenvalue weighted by molar-refractivity contribution is 5.90. The van der Waals surface area contributed by atoms with Gasteiger partial charge in [0.25, 0.3) is 0 Å². The summed E-state index contributed by atoms with van der Waals surface area (Å²) in [6, 6.07) is 16.0. The number of hydrogen-bond donors (Lipinski definition) is 3. The molecule has 4 aromatic rings. The van der Waals surface area contributed by atoms with Gasteiger partial charge in [0.1, 0.15) is 17.4 Å². The minimum absolute atomic E-state index is 0.192. The van der Waals surface area contributed by atoms with E-state index in [0.717, 1.165) is 21.9 Å². The van der Waals surface area contributed by atoms with E-state index in [-0.39, 0.29) is 12.3 Å². The molecule has 3 N–H and O–H groups in total. The molecule has 0 radical (unpaired) electrons. The summed E-state index contributed by atoms with van der Waals surface area (Å²) in [4.78, 5) is 27.6. The number of carboxylic acid groups (broad SMARTS) is 1. The van der Waals surface area contributed by atoms with Crippen molar-refractivity contribution < 1.29 is 19.1 Å². The lowest BCUT2D eigenvalue weighted by molar-refractivity contribution is -0.142. The van der Waals surface area contributed by atoms with E-state index in [9.17, 15) is 14.7 Å². The van der Waals surface area contributed by atoms with E-state index in [1.807, 2.05) is 54.6 Å². The SMILES string of the molecule is C[C@H](C(=O)N[C@H](Cc1c[nH]c2ccccc12)C(=O)O)c1cc2ccccc2o1. The third-order valence-corrected chi connectivity index (χ3v) is 4.98. The van der Waals surface area contributed by atoms with Gasteiger partial charge in [-0.25, -0.2) is 4.79 Å². The number of aromatic amines is 1. The van der Waals surface area contributed by atoms with Crippen molar-refractivity contribution in [1.29, 1.82) is 0 Å². The molecule has 0 aliphatic rings. The van der Waals surface area contributed by atoms with Crippen LogP contribution in [-0.4, -0.2) is 28.0 Å². The maximum absolute atomic E-state index is 12.7. The first-order valence-corrected chi connectivity index (χ1v) is 9.09. The zero-order valence-electron chi connectivity index (χ0n) is 15.3. The fourth-order valence-electron chi connectivity index (χ4n) is 3.36. The summed E-state index contributed by atoms with van der Waals surface area (Å²) in [5.41, 5.74) is 2.48. The van der Waals surface area contributed by atoms with Crippen molar-refractivity contribution in [2.24, 2.45) is 0 Å². The Hall–Kier alpha value is -3.54. The van der Waals surface area contributed by atoms with Crippen LogP contribution in [0.15, 0.2) is 65.2 Å². The van der Waals surface area contributed by atoms with Gasteiger partial charge in [-0.1, -0.05) is 36.4 Å². The van der Waals surface area contributed by atoms with Gasteiger partial charge in [0.2, 0.25) is 5.91 Å². The predicted octanol–water partition coefficient (Wildman–Crippen LogP) is 3.83. The molecule has 0 saturated heterocycles. The molecule has 4 rings (SSSR count). The molecule has 0 spiro atoms. The molecule has 1 amide bonds. The van der Waals surface area contributed by atoms with Crippen molar-refractivity contribution in [3.05, 3.63) is 72.1 Å². The van der Waals surface area contributed by atoms with Crippen LogP contribution in [0.5, 0.6) is 0 Å². The lowest BCUT2D eigenvalue weighted by Gasteiger charge is -2.16. The summed E-state index contributed by atoms with van der Waals surface area (Å²) in [5, 5.41) is 14.1. The van der Waals surface area contributed by atoms with Crippen molar-refractivity contribution in [2.75, 3.05) is 0 Å². The predicted molar refractivity (Wildman–Crippen MR) is 106 cm³/mol. The Balaban J connectivity index is 1.52. The maximum Gasteiger partial charge on any atom is 0.326 e. The summed E-state index contributed by atoms with van der Waals surface area (Å²) >= 11 is 0. The van der Waals surface area contributed by atoms with Gasteiger partial charge in [-0.3, -0.25) is 4.79 Å². The number of benzene rings is 2. The number of hydrogen-bond acceptors (Lipinski definition) is 3. The zero-order chi connectivity index (χ0) is 19.7. The summed E-state index contributed by atoms with van der Waals surface area (Å²) in [7, 11) is 0. The van der Waals surface area contributed by atoms with Crippen LogP contribution >= 0.6 is 0 Å². The van der Waals surface area contributed by atoms with Crippen molar-refractivity contribution in [1.82, 2.24) is 10.3 Å². The topological polar surface area (TPSA) is 95.3 Å². The number of furan rings is 1. The van der Waals surface area contributed by atoms with Gasteiger partial charge in [-0.15, -0.1) is 0 Å². The molecular formula is C22H20N2O4. The van der Waals surface area contributed by atoms with Crippen molar-refractivity contribution in [3.8, 4) is 0 Å². The number of carbonyl (C=O) groups is 2. The summed E-state index contributed by atoms with van der Waals surface area (Å²) < 4.78 is 5.74. The molecule has 0 aliphatic heterocycles. The van der Waals surface area contributed by atoms with E-state index in [4.69, 9.17) is 4.42 Å². The van der Waals surface area contributed by atoms with Crippen molar-refractivity contribution >= 4 is 33.7 Å². The summed E-state index contributed by atoms with van der Waals surface area (Å²) in [5.74, 6) is -1.55. The fourth-order valence-corrected chi connectivity index (χ4v) is 3.36. The number of H-pyrrole nitrogens is 1. The molecule has 0 saturated carbocycles. The molecule has 2 aromatic heterocycles. The summed E-state index contributed by atoms with van der Waals surface area (Å²) in [6.45, 7) is 1.71. The van der Waals surface area contributed by atoms with Crippen LogP contribution in [0.3, 0.4) is 0 Å².